The van der Waals surface area contributed by atoms with Gasteiger partial charge >= 0.3 is 0 Å². The summed E-state index contributed by atoms with van der Waals surface area (Å²) < 4.78 is 20.8. The topological polar surface area (TPSA) is 42.3 Å². The van der Waals surface area contributed by atoms with Crippen molar-refractivity contribution in [2.45, 2.75) is 18.5 Å². The van der Waals surface area contributed by atoms with Crippen LogP contribution in [0.2, 0.25) is 0 Å². The van der Waals surface area contributed by atoms with Gasteiger partial charge in [0.05, 0.1) is 17.8 Å². The minimum absolute atomic E-state index is 0.0469. The smallest absolute Gasteiger partial charge is 0.170 e. The van der Waals surface area contributed by atoms with Gasteiger partial charge in [-0.15, -0.1) is 0 Å². The number of halogens is 1. The molecule has 7 heteroatoms. The lowest BCUT2D eigenvalue weighted by Gasteiger charge is -2.29. The van der Waals surface area contributed by atoms with E-state index in [1.807, 2.05) is 30.5 Å². The van der Waals surface area contributed by atoms with Crippen molar-refractivity contribution in [1.29, 1.82) is 0 Å². The second-order valence-electron chi connectivity index (χ2n) is 6.95. The van der Waals surface area contributed by atoms with E-state index in [4.69, 9.17) is 17.0 Å². The maximum atomic E-state index is 13.4. The quantitative estimate of drug-likeness (QED) is 0.471. The fraction of sp³-hybridized carbons (Fsp3) is 0.273. The van der Waals surface area contributed by atoms with Gasteiger partial charge in [-0.25, -0.2) is 4.39 Å². The maximum Gasteiger partial charge on any atom is 0.170 e. The van der Waals surface area contributed by atoms with E-state index in [1.165, 1.54) is 12.1 Å². The SMILES string of the molecule is COCCCN1C(=S)N[C@H](c2ccccn2)[C@@H]1c1cccn1-c1ccc(F)cc1. The van der Waals surface area contributed by atoms with E-state index < -0.39 is 0 Å². The highest BCUT2D eigenvalue weighted by Gasteiger charge is 2.40. The predicted octanol–water partition coefficient (Wildman–Crippen LogP) is 4.02. The summed E-state index contributed by atoms with van der Waals surface area (Å²) in [5, 5.41) is 4.16. The third-order valence-corrected chi connectivity index (χ3v) is 5.49. The molecule has 1 aliphatic heterocycles. The van der Waals surface area contributed by atoms with Crippen LogP contribution in [0.5, 0.6) is 0 Å². The third kappa shape index (κ3) is 4.02. The molecule has 0 bridgehead atoms. The Morgan fingerprint density at radius 2 is 1.97 bits per heavy atom. The number of aromatic nitrogens is 2. The Kier molecular flexibility index (Phi) is 5.87. The Morgan fingerprint density at radius 1 is 1.14 bits per heavy atom. The standard InChI is InChI=1S/C22H23FN4OS/c1-28-15-5-14-27-21(20(25-22(27)29)18-6-2-3-12-24-18)19-7-4-13-26(19)17-10-8-16(23)9-11-17/h2-4,6-13,20-21H,5,14-15H2,1H3,(H,25,29)/t20-,21+/m1/s1. The Hall–Kier alpha value is -2.77. The van der Waals surface area contributed by atoms with Crippen LogP contribution < -0.4 is 5.32 Å². The lowest BCUT2D eigenvalue weighted by atomic mass is 10.0. The summed E-state index contributed by atoms with van der Waals surface area (Å²) in [5.74, 6) is -0.251. The molecule has 1 saturated heterocycles. The van der Waals surface area contributed by atoms with E-state index in [9.17, 15) is 4.39 Å². The van der Waals surface area contributed by atoms with E-state index in [1.54, 1.807) is 25.4 Å². The van der Waals surface area contributed by atoms with Gasteiger partial charge in [0, 0.05) is 44.0 Å². The molecule has 4 rings (SSSR count). The Morgan fingerprint density at radius 3 is 2.69 bits per heavy atom. The largest absolute Gasteiger partial charge is 0.385 e. The van der Waals surface area contributed by atoms with Gasteiger partial charge in [-0.3, -0.25) is 4.98 Å². The number of methoxy groups -OCH3 is 1. The zero-order valence-corrected chi connectivity index (χ0v) is 17.0. The van der Waals surface area contributed by atoms with Crippen molar-refractivity contribution in [3.05, 3.63) is 84.2 Å². The van der Waals surface area contributed by atoms with Crippen LogP contribution in [0.3, 0.4) is 0 Å². The molecule has 3 aromatic rings. The molecule has 0 unspecified atom stereocenters. The van der Waals surface area contributed by atoms with Gasteiger partial charge in [0.2, 0.25) is 0 Å². The van der Waals surface area contributed by atoms with Crippen molar-refractivity contribution in [3.8, 4) is 5.69 Å². The maximum absolute atomic E-state index is 13.4. The Labute approximate surface area is 175 Å². The first kappa shape index (κ1) is 19.5. The highest BCUT2D eigenvalue weighted by atomic mass is 32.1. The van der Waals surface area contributed by atoms with Crippen molar-refractivity contribution in [2.75, 3.05) is 20.3 Å². The van der Waals surface area contributed by atoms with Gasteiger partial charge in [0.1, 0.15) is 5.82 Å². The molecular weight excluding hydrogens is 387 g/mol. The zero-order chi connectivity index (χ0) is 20.2. The normalized spacial score (nSPS) is 18.8. The molecule has 1 fully saturated rings. The first-order chi connectivity index (χ1) is 14.2. The summed E-state index contributed by atoms with van der Waals surface area (Å²) in [5.41, 5.74) is 2.90. The van der Waals surface area contributed by atoms with Crippen molar-refractivity contribution in [1.82, 2.24) is 19.8 Å². The minimum atomic E-state index is -0.251. The van der Waals surface area contributed by atoms with Crippen LogP contribution in [0, 0.1) is 5.82 Å². The summed E-state index contributed by atoms with van der Waals surface area (Å²) in [4.78, 5) is 6.77. The molecule has 1 aliphatic rings. The molecule has 0 saturated carbocycles. The molecule has 1 aromatic carbocycles. The van der Waals surface area contributed by atoms with Crippen LogP contribution in [-0.2, 0) is 4.74 Å². The number of hydrogen-bond acceptors (Lipinski definition) is 3. The van der Waals surface area contributed by atoms with Crippen molar-refractivity contribution >= 4 is 17.3 Å². The fourth-order valence-corrected chi connectivity index (χ4v) is 4.15. The lowest BCUT2D eigenvalue weighted by Crippen LogP contribution is -2.32. The first-order valence-electron chi connectivity index (χ1n) is 9.59. The molecular formula is C22H23FN4OS. The van der Waals surface area contributed by atoms with Crippen molar-refractivity contribution < 1.29 is 9.13 Å². The number of pyridine rings is 1. The molecule has 0 radical (unpaired) electrons. The number of nitrogens with one attached hydrogen (secondary N) is 1. The average molecular weight is 411 g/mol. The molecule has 5 nitrogen and oxygen atoms in total. The van der Waals surface area contributed by atoms with Crippen LogP contribution in [-0.4, -0.2) is 39.8 Å². The van der Waals surface area contributed by atoms with Crippen LogP contribution in [0.4, 0.5) is 4.39 Å². The molecule has 0 spiro atoms. The highest BCUT2D eigenvalue weighted by molar-refractivity contribution is 7.80. The Bertz CT molecular complexity index is 960. The molecule has 150 valence electrons. The molecule has 1 N–H and O–H groups in total. The summed E-state index contributed by atoms with van der Waals surface area (Å²) in [6.07, 6.45) is 4.65. The monoisotopic (exact) mass is 410 g/mol. The average Bonchev–Trinajstić information content (AvgIpc) is 3.34. The van der Waals surface area contributed by atoms with E-state index >= 15 is 0 Å². The van der Waals surface area contributed by atoms with E-state index in [2.05, 4.69) is 25.8 Å². The van der Waals surface area contributed by atoms with E-state index in [0.29, 0.717) is 11.7 Å². The van der Waals surface area contributed by atoms with Gasteiger partial charge in [0.25, 0.3) is 0 Å². The third-order valence-electron chi connectivity index (χ3n) is 5.13. The summed E-state index contributed by atoms with van der Waals surface area (Å²) in [7, 11) is 1.70. The number of thiocarbonyl (C=S) groups is 1. The van der Waals surface area contributed by atoms with Gasteiger partial charge in [-0.05, 0) is 67.2 Å². The molecule has 2 aromatic heterocycles. The summed E-state index contributed by atoms with van der Waals surface area (Å²) in [6.45, 7) is 1.43. The van der Waals surface area contributed by atoms with Gasteiger partial charge in [-0.1, -0.05) is 6.07 Å². The molecule has 2 atom stereocenters. The number of rotatable bonds is 7. The lowest BCUT2D eigenvalue weighted by molar-refractivity contribution is 0.180. The first-order valence-corrected chi connectivity index (χ1v) is 10.00. The number of hydrogen-bond donors (Lipinski definition) is 1. The van der Waals surface area contributed by atoms with E-state index in [-0.39, 0.29) is 17.9 Å². The number of nitrogens with zero attached hydrogens (tertiary/aromatic N) is 3. The fourth-order valence-electron chi connectivity index (χ4n) is 3.82. The van der Waals surface area contributed by atoms with Crippen LogP contribution >= 0.6 is 12.2 Å². The molecule has 0 amide bonds. The van der Waals surface area contributed by atoms with Crippen molar-refractivity contribution in [3.63, 3.8) is 0 Å². The number of ether oxygens (including phenoxy) is 1. The highest BCUT2D eigenvalue weighted by Crippen LogP contribution is 2.39. The summed E-state index contributed by atoms with van der Waals surface area (Å²) in [6, 6.07) is 16.4. The summed E-state index contributed by atoms with van der Waals surface area (Å²) >= 11 is 5.68. The molecule has 0 aliphatic carbocycles. The second-order valence-corrected chi connectivity index (χ2v) is 7.33. The molecule has 3 heterocycles. The predicted molar refractivity (Wildman–Crippen MR) is 114 cm³/mol. The zero-order valence-electron chi connectivity index (χ0n) is 16.2. The Balaban J connectivity index is 1.75. The van der Waals surface area contributed by atoms with Gasteiger partial charge in [0.15, 0.2) is 5.11 Å². The second kappa shape index (κ2) is 8.71. The molecule has 29 heavy (non-hydrogen) atoms. The van der Waals surface area contributed by atoms with Crippen LogP contribution in [0.25, 0.3) is 5.69 Å². The van der Waals surface area contributed by atoms with Crippen LogP contribution in [0.15, 0.2) is 67.0 Å². The van der Waals surface area contributed by atoms with Crippen molar-refractivity contribution in [2.24, 2.45) is 0 Å². The van der Waals surface area contributed by atoms with E-state index in [0.717, 1.165) is 30.0 Å². The van der Waals surface area contributed by atoms with Gasteiger partial charge in [-0.2, -0.15) is 0 Å². The number of benzene rings is 1. The van der Waals surface area contributed by atoms with Gasteiger partial charge < -0.3 is 19.5 Å². The van der Waals surface area contributed by atoms with Crippen LogP contribution in [0.1, 0.15) is 29.9 Å². The minimum Gasteiger partial charge on any atom is -0.385 e.